The maximum absolute atomic E-state index is 13.3. The Kier molecular flexibility index (Phi) is 4.69. The summed E-state index contributed by atoms with van der Waals surface area (Å²) in [6.45, 7) is 0. The lowest BCUT2D eigenvalue weighted by Crippen LogP contribution is -2.18. The molecule has 0 atom stereocenters. The number of halogens is 2. The van der Waals surface area contributed by atoms with Crippen molar-refractivity contribution >= 4 is 69.3 Å². The van der Waals surface area contributed by atoms with Crippen LogP contribution in [0.15, 0.2) is 44.5 Å². The van der Waals surface area contributed by atoms with E-state index in [1.807, 2.05) is 37.2 Å². The highest BCUT2D eigenvalue weighted by molar-refractivity contribution is 9.11. The molecule has 0 bridgehead atoms. The van der Waals surface area contributed by atoms with Crippen LogP contribution in [0.4, 0.5) is 5.69 Å². The van der Waals surface area contributed by atoms with Gasteiger partial charge in [0.25, 0.3) is 5.56 Å². The second-order valence-electron chi connectivity index (χ2n) is 6.04. The molecule has 0 amide bonds. The molecule has 0 aliphatic carbocycles. The monoisotopic (exact) mass is 508 g/mol. The third kappa shape index (κ3) is 2.94. The van der Waals surface area contributed by atoms with Gasteiger partial charge in [0.05, 0.1) is 29.4 Å². The fourth-order valence-electron chi connectivity index (χ4n) is 2.96. The highest BCUT2D eigenvalue weighted by Gasteiger charge is 2.19. The van der Waals surface area contributed by atoms with Gasteiger partial charge in [0.15, 0.2) is 0 Å². The van der Waals surface area contributed by atoms with Crippen molar-refractivity contribution in [3.05, 3.63) is 50.0 Å². The quantitative estimate of drug-likeness (QED) is 0.404. The molecular weight excluding hydrogens is 496 g/mol. The molecule has 4 rings (SSSR count). The molecule has 0 saturated carbocycles. The summed E-state index contributed by atoms with van der Waals surface area (Å²) in [5.41, 5.74) is 2.20. The number of pyridine rings is 1. The van der Waals surface area contributed by atoms with Crippen LogP contribution in [-0.2, 0) is 0 Å². The number of aromatic nitrogens is 3. The number of nitrogens with zero attached hydrogens (tertiary/aromatic N) is 4. The van der Waals surface area contributed by atoms with Crippen LogP contribution in [0.5, 0.6) is 5.75 Å². The summed E-state index contributed by atoms with van der Waals surface area (Å²) in [6.07, 6.45) is 3.31. The number of fused-ring (bicyclic) bond motifs is 3. The second-order valence-corrected chi connectivity index (χ2v) is 8.75. The van der Waals surface area contributed by atoms with Crippen molar-refractivity contribution in [3.63, 3.8) is 0 Å². The normalized spacial score (nSPS) is 11.3. The number of rotatable bonds is 3. The highest BCUT2D eigenvalue weighted by atomic mass is 79.9. The Morgan fingerprint density at radius 1 is 1.19 bits per heavy atom. The number of methoxy groups -OCH3 is 1. The maximum atomic E-state index is 13.3. The van der Waals surface area contributed by atoms with E-state index >= 15 is 0 Å². The van der Waals surface area contributed by atoms with Crippen LogP contribution in [0.1, 0.15) is 0 Å². The third-order valence-electron chi connectivity index (χ3n) is 4.21. The van der Waals surface area contributed by atoms with Crippen molar-refractivity contribution < 1.29 is 4.74 Å². The van der Waals surface area contributed by atoms with Crippen LogP contribution in [0.2, 0.25) is 0 Å². The molecule has 0 fully saturated rings. The van der Waals surface area contributed by atoms with Crippen LogP contribution in [0, 0.1) is 0 Å². The Bertz CT molecular complexity index is 1230. The lowest BCUT2D eigenvalue weighted by Gasteiger charge is -2.13. The summed E-state index contributed by atoms with van der Waals surface area (Å²) in [7, 11) is 5.52. The van der Waals surface area contributed by atoms with E-state index in [2.05, 4.69) is 41.8 Å². The molecule has 4 aromatic rings. The van der Waals surface area contributed by atoms with Crippen molar-refractivity contribution in [1.29, 1.82) is 0 Å². The molecule has 1 aromatic carbocycles. The van der Waals surface area contributed by atoms with E-state index in [0.29, 0.717) is 21.7 Å². The van der Waals surface area contributed by atoms with E-state index in [9.17, 15) is 4.79 Å². The predicted octanol–water partition coefficient (Wildman–Crippen LogP) is 4.60. The van der Waals surface area contributed by atoms with Gasteiger partial charge in [0.1, 0.15) is 21.6 Å². The first-order chi connectivity index (χ1) is 12.9. The van der Waals surface area contributed by atoms with Gasteiger partial charge < -0.3 is 9.64 Å². The lowest BCUT2D eigenvalue weighted by molar-refractivity contribution is 0.414. The zero-order valence-electron chi connectivity index (χ0n) is 14.7. The molecule has 3 aromatic heterocycles. The zero-order valence-corrected chi connectivity index (χ0v) is 18.6. The van der Waals surface area contributed by atoms with Gasteiger partial charge in [0, 0.05) is 29.2 Å². The average Bonchev–Trinajstić information content (AvgIpc) is 3.02. The van der Waals surface area contributed by atoms with Crippen molar-refractivity contribution in [2.45, 2.75) is 0 Å². The molecular formula is C18H14Br2N4O2S. The fraction of sp³-hybridized carbons (Fsp3) is 0.167. The highest BCUT2D eigenvalue weighted by Crippen LogP contribution is 2.37. The standard InChI is InChI=1S/C18H14Br2N4O2S/c1-23(2)12-4-5-21-17-13(12)14-16(27-17)18(25)24(8-22-14)15-10(19)6-9(26-3)7-11(15)20/h4-8H,1-3H3. The Balaban J connectivity index is 2.04. The van der Waals surface area contributed by atoms with Gasteiger partial charge >= 0.3 is 0 Å². The number of anilines is 1. The van der Waals surface area contributed by atoms with Crippen LogP contribution in [0.3, 0.4) is 0 Å². The van der Waals surface area contributed by atoms with E-state index in [4.69, 9.17) is 4.74 Å². The molecule has 0 spiro atoms. The molecule has 0 aliphatic rings. The minimum Gasteiger partial charge on any atom is -0.497 e. The Hall–Kier alpha value is -1.97. The smallest absolute Gasteiger partial charge is 0.276 e. The lowest BCUT2D eigenvalue weighted by atomic mass is 10.2. The van der Waals surface area contributed by atoms with Crippen molar-refractivity contribution in [2.24, 2.45) is 0 Å². The summed E-state index contributed by atoms with van der Waals surface area (Å²) in [5, 5.41) is 0.902. The molecule has 0 aliphatic heterocycles. The van der Waals surface area contributed by atoms with Gasteiger partial charge in [-0.05, 0) is 50.1 Å². The third-order valence-corrected chi connectivity index (χ3v) is 6.49. The number of thiophene rings is 1. The first kappa shape index (κ1) is 18.4. The van der Waals surface area contributed by atoms with Gasteiger partial charge in [-0.25, -0.2) is 9.97 Å². The van der Waals surface area contributed by atoms with Crippen molar-refractivity contribution in [2.75, 3.05) is 26.1 Å². The Morgan fingerprint density at radius 3 is 2.52 bits per heavy atom. The van der Waals surface area contributed by atoms with E-state index in [1.54, 1.807) is 19.6 Å². The Labute approximate surface area is 175 Å². The summed E-state index contributed by atoms with van der Waals surface area (Å²) in [6, 6.07) is 5.55. The van der Waals surface area contributed by atoms with Crippen LogP contribution in [-0.4, -0.2) is 35.7 Å². The van der Waals surface area contributed by atoms with E-state index in [0.717, 1.165) is 24.8 Å². The van der Waals surface area contributed by atoms with Crippen LogP contribution >= 0.6 is 43.2 Å². The Morgan fingerprint density at radius 2 is 1.89 bits per heavy atom. The number of hydrogen-bond donors (Lipinski definition) is 0. The predicted molar refractivity (Wildman–Crippen MR) is 117 cm³/mol. The first-order valence-corrected chi connectivity index (χ1v) is 10.3. The fourth-order valence-corrected chi connectivity index (χ4v) is 5.53. The topological polar surface area (TPSA) is 60.2 Å². The van der Waals surface area contributed by atoms with Gasteiger partial charge in [-0.1, -0.05) is 0 Å². The zero-order chi connectivity index (χ0) is 19.3. The summed E-state index contributed by atoms with van der Waals surface area (Å²) in [4.78, 5) is 25.1. The number of benzene rings is 1. The second kappa shape index (κ2) is 6.88. The largest absolute Gasteiger partial charge is 0.497 e. The van der Waals surface area contributed by atoms with Crippen molar-refractivity contribution in [1.82, 2.24) is 14.5 Å². The summed E-state index contributed by atoms with van der Waals surface area (Å²) < 4.78 is 8.82. The summed E-state index contributed by atoms with van der Waals surface area (Å²) in [5.74, 6) is 0.682. The minimum atomic E-state index is -0.140. The molecule has 3 heterocycles. The molecule has 0 N–H and O–H groups in total. The average molecular weight is 510 g/mol. The molecule has 6 nitrogen and oxygen atoms in total. The number of ether oxygens (including phenoxy) is 1. The molecule has 0 unspecified atom stereocenters. The van der Waals surface area contributed by atoms with Crippen LogP contribution < -0.4 is 15.2 Å². The number of hydrogen-bond acceptors (Lipinski definition) is 6. The van der Waals surface area contributed by atoms with E-state index < -0.39 is 0 Å². The van der Waals surface area contributed by atoms with Gasteiger partial charge in [-0.3, -0.25) is 9.36 Å². The molecule has 138 valence electrons. The molecule has 9 heteroatoms. The van der Waals surface area contributed by atoms with Gasteiger partial charge in [0.2, 0.25) is 0 Å². The van der Waals surface area contributed by atoms with E-state index in [-0.39, 0.29) is 5.56 Å². The summed E-state index contributed by atoms with van der Waals surface area (Å²) >= 11 is 8.41. The minimum absolute atomic E-state index is 0.140. The first-order valence-electron chi connectivity index (χ1n) is 7.92. The van der Waals surface area contributed by atoms with Gasteiger partial charge in [-0.15, -0.1) is 11.3 Å². The molecule has 0 saturated heterocycles. The van der Waals surface area contributed by atoms with Crippen LogP contribution in [0.25, 0.3) is 26.1 Å². The SMILES string of the molecule is COc1cc(Br)c(-n2cnc3c(sc4nccc(N(C)C)c43)c2=O)c(Br)c1. The molecule has 0 radical (unpaired) electrons. The van der Waals surface area contributed by atoms with Crippen molar-refractivity contribution in [3.8, 4) is 11.4 Å². The van der Waals surface area contributed by atoms with E-state index in [1.165, 1.54) is 15.9 Å². The maximum Gasteiger partial charge on any atom is 0.276 e. The van der Waals surface area contributed by atoms with Gasteiger partial charge in [-0.2, -0.15) is 0 Å². The molecule has 27 heavy (non-hydrogen) atoms.